The molecule has 0 amide bonds. The van der Waals surface area contributed by atoms with Crippen LogP contribution in [0.25, 0.3) is 21.9 Å². The van der Waals surface area contributed by atoms with Gasteiger partial charge in [-0.25, -0.2) is 9.78 Å². The molecular weight excluding hydrogens is 386 g/mol. The molecule has 4 aromatic rings. The molecule has 158 valence electrons. The van der Waals surface area contributed by atoms with Gasteiger partial charge in [0.25, 0.3) is 0 Å². The van der Waals surface area contributed by atoms with Crippen LogP contribution in [0, 0.1) is 0 Å². The minimum atomic E-state index is -0.294. The quantitative estimate of drug-likeness (QED) is 0.411. The number of carbonyl (C=O) groups excluding carboxylic acids is 1. The molecule has 1 fully saturated rings. The number of ether oxygens (including phenoxy) is 1. The van der Waals surface area contributed by atoms with Gasteiger partial charge in [0, 0.05) is 30.4 Å². The van der Waals surface area contributed by atoms with E-state index in [-0.39, 0.29) is 5.97 Å². The molecule has 0 unspecified atom stereocenters. The van der Waals surface area contributed by atoms with Crippen LogP contribution in [-0.4, -0.2) is 35.2 Å². The monoisotopic (exact) mass is 413 g/mol. The van der Waals surface area contributed by atoms with Gasteiger partial charge in [-0.05, 0) is 43.9 Å². The fourth-order valence-electron chi connectivity index (χ4n) is 4.58. The van der Waals surface area contributed by atoms with E-state index in [1.165, 1.54) is 12.0 Å². The summed E-state index contributed by atoms with van der Waals surface area (Å²) in [6, 6.07) is 20.8. The Balaban J connectivity index is 1.75. The van der Waals surface area contributed by atoms with Gasteiger partial charge < -0.3 is 14.2 Å². The van der Waals surface area contributed by atoms with Crippen LogP contribution < -0.4 is 4.90 Å². The summed E-state index contributed by atoms with van der Waals surface area (Å²) in [6.07, 6.45) is 3.46. The normalized spacial score (nSPS) is 14.3. The number of nitrogens with zero attached hydrogens (tertiary/aromatic N) is 3. The lowest BCUT2D eigenvalue weighted by molar-refractivity contribution is 0.0527. The molecule has 5 heteroatoms. The van der Waals surface area contributed by atoms with Crippen molar-refractivity contribution in [3.63, 3.8) is 0 Å². The molecule has 0 aliphatic carbocycles. The second kappa shape index (κ2) is 8.42. The van der Waals surface area contributed by atoms with Crippen molar-refractivity contribution in [3.05, 3.63) is 71.8 Å². The van der Waals surface area contributed by atoms with E-state index in [9.17, 15) is 4.79 Å². The molecule has 2 aromatic heterocycles. The smallest absolute Gasteiger partial charge is 0.341 e. The van der Waals surface area contributed by atoms with Gasteiger partial charge in [0.2, 0.25) is 0 Å². The number of fused-ring (bicyclic) bond motifs is 3. The molecule has 31 heavy (non-hydrogen) atoms. The van der Waals surface area contributed by atoms with E-state index in [0.29, 0.717) is 12.2 Å². The van der Waals surface area contributed by atoms with Crippen LogP contribution in [-0.2, 0) is 11.3 Å². The van der Waals surface area contributed by atoms with Crippen molar-refractivity contribution < 1.29 is 9.53 Å². The first kappa shape index (κ1) is 19.6. The maximum atomic E-state index is 12.9. The van der Waals surface area contributed by atoms with Crippen molar-refractivity contribution in [1.82, 2.24) is 9.55 Å². The van der Waals surface area contributed by atoms with Crippen LogP contribution in [0.4, 0.5) is 5.82 Å². The Morgan fingerprint density at radius 2 is 1.71 bits per heavy atom. The highest BCUT2D eigenvalue weighted by Crippen LogP contribution is 2.33. The summed E-state index contributed by atoms with van der Waals surface area (Å²) in [7, 11) is 0. The number of hydrogen-bond acceptors (Lipinski definition) is 4. The van der Waals surface area contributed by atoms with Gasteiger partial charge in [0.05, 0.1) is 12.1 Å². The predicted molar refractivity (Wildman–Crippen MR) is 125 cm³/mol. The molecule has 1 aliphatic heterocycles. The van der Waals surface area contributed by atoms with E-state index >= 15 is 0 Å². The second-order valence-electron chi connectivity index (χ2n) is 8.09. The SMILES string of the molecule is CCOC(=O)c1cc2c3ccccc3n(Cc3ccccc3)c2nc1N1CCCCC1. The van der Waals surface area contributed by atoms with Gasteiger partial charge in [0.1, 0.15) is 17.0 Å². The number of hydrogen-bond donors (Lipinski definition) is 0. The van der Waals surface area contributed by atoms with Gasteiger partial charge in [-0.2, -0.15) is 0 Å². The number of aromatic nitrogens is 2. The zero-order chi connectivity index (χ0) is 21.2. The Labute approximate surface area is 182 Å². The van der Waals surface area contributed by atoms with Gasteiger partial charge >= 0.3 is 5.97 Å². The highest BCUT2D eigenvalue weighted by atomic mass is 16.5. The predicted octanol–water partition coefficient (Wildman–Crippen LogP) is 5.40. The van der Waals surface area contributed by atoms with Gasteiger partial charge in [0.15, 0.2) is 0 Å². The van der Waals surface area contributed by atoms with E-state index in [1.54, 1.807) is 0 Å². The molecule has 0 atom stereocenters. The minimum absolute atomic E-state index is 0.294. The summed E-state index contributed by atoms with van der Waals surface area (Å²) in [5, 5.41) is 2.10. The average Bonchev–Trinajstić information content (AvgIpc) is 3.12. The molecule has 0 N–H and O–H groups in total. The summed E-state index contributed by atoms with van der Waals surface area (Å²) in [5.74, 6) is 0.458. The lowest BCUT2D eigenvalue weighted by atomic mass is 10.1. The number of rotatable bonds is 5. The molecule has 0 bridgehead atoms. The fourth-order valence-corrected chi connectivity index (χ4v) is 4.58. The highest BCUT2D eigenvalue weighted by Gasteiger charge is 2.24. The lowest BCUT2D eigenvalue weighted by Gasteiger charge is -2.29. The Morgan fingerprint density at radius 1 is 0.968 bits per heavy atom. The van der Waals surface area contributed by atoms with E-state index in [1.807, 2.05) is 25.1 Å². The van der Waals surface area contributed by atoms with Crippen LogP contribution in [0.3, 0.4) is 0 Å². The van der Waals surface area contributed by atoms with Crippen molar-refractivity contribution in [2.45, 2.75) is 32.7 Å². The van der Waals surface area contributed by atoms with E-state index in [2.05, 4.69) is 51.9 Å². The van der Waals surface area contributed by atoms with Gasteiger partial charge in [-0.1, -0.05) is 48.5 Å². The lowest BCUT2D eigenvalue weighted by Crippen LogP contribution is -2.32. The maximum Gasteiger partial charge on any atom is 0.341 e. The van der Waals surface area contributed by atoms with E-state index < -0.39 is 0 Å². The number of para-hydroxylation sites is 1. The summed E-state index contributed by atoms with van der Waals surface area (Å²) < 4.78 is 7.68. The third-order valence-electron chi connectivity index (χ3n) is 6.06. The molecule has 5 nitrogen and oxygen atoms in total. The first-order chi connectivity index (χ1) is 15.3. The van der Waals surface area contributed by atoms with E-state index in [4.69, 9.17) is 9.72 Å². The topological polar surface area (TPSA) is 47.4 Å². The second-order valence-corrected chi connectivity index (χ2v) is 8.09. The third kappa shape index (κ3) is 3.65. The Hall–Kier alpha value is -3.34. The standard InChI is InChI=1S/C26H27N3O2/c1-2-31-26(30)22-17-21-20-13-7-8-14-23(20)29(18-19-11-5-3-6-12-19)25(21)27-24(22)28-15-9-4-10-16-28/h3,5-8,11-14,17H,2,4,9-10,15-16,18H2,1H3. The molecule has 0 saturated carbocycles. The summed E-state index contributed by atoms with van der Waals surface area (Å²) >= 11 is 0. The van der Waals surface area contributed by atoms with Crippen molar-refractivity contribution in [3.8, 4) is 0 Å². The average molecular weight is 414 g/mol. The zero-order valence-corrected chi connectivity index (χ0v) is 17.9. The molecular formula is C26H27N3O2. The van der Waals surface area contributed by atoms with Crippen LogP contribution in [0.2, 0.25) is 0 Å². The number of esters is 1. The minimum Gasteiger partial charge on any atom is -0.462 e. The van der Waals surface area contributed by atoms with Crippen molar-refractivity contribution >= 4 is 33.7 Å². The molecule has 5 rings (SSSR count). The number of carbonyl (C=O) groups is 1. The van der Waals surface area contributed by atoms with E-state index in [0.717, 1.165) is 60.2 Å². The molecule has 0 radical (unpaired) electrons. The summed E-state index contributed by atoms with van der Waals surface area (Å²) in [6.45, 7) is 4.77. The van der Waals surface area contributed by atoms with Crippen LogP contribution in [0.1, 0.15) is 42.1 Å². The van der Waals surface area contributed by atoms with Crippen LogP contribution in [0.5, 0.6) is 0 Å². The third-order valence-corrected chi connectivity index (χ3v) is 6.06. The maximum absolute atomic E-state index is 12.9. The first-order valence-corrected chi connectivity index (χ1v) is 11.1. The van der Waals surface area contributed by atoms with Crippen molar-refractivity contribution in [2.24, 2.45) is 0 Å². The van der Waals surface area contributed by atoms with Crippen LogP contribution >= 0.6 is 0 Å². The largest absolute Gasteiger partial charge is 0.462 e. The molecule has 1 saturated heterocycles. The summed E-state index contributed by atoms with van der Waals surface area (Å²) in [5.41, 5.74) is 3.83. The number of anilines is 1. The molecule has 0 spiro atoms. The number of piperidine rings is 1. The van der Waals surface area contributed by atoms with Gasteiger partial charge in [-0.3, -0.25) is 0 Å². The van der Waals surface area contributed by atoms with Crippen molar-refractivity contribution in [2.75, 3.05) is 24.6 Å². The fraction of sp³-hybridized carbons (Fsp3) is 0.308. The zero-order valence-electron chi connectivity index (χ0n) is 17.9. The van der Waals surface area contributed by atoms with Gasteiger partial charge in [-0.15, -0.1) is 0 Å². The Morgan fingerprint density at radius 3 is 2.48 bits per heavy atom. The Kier molecular flexibility index (Phi) is 5.33. The first-order valence-electron chi connectivity index (χ1n) is 11.1. The number of pyridine rings is 1. The Bertz CT molecular complexity index is 1220. The highest BCUT2D eigenvalue weighted by molar-refractivity contribution is 6.10. The molecule has 3 heterocycles. The number of benzene rings is 2. The van der Waals surface area contributed by atoms with Crippen LogP contribution in [0.15, 0.2) is 60.7 Å². The summed E-state index contributed by atoms with van der Waals surface area (Å²) in [4.78, 5) is 20.3. The molecule has 2 aromatic carbocycles. The van der Waals surface area contributed by atoms with Crippen molar-refractivity contribution in [1.29, 1.82) is 0 Å². The molecule has 1 aliphatic rings.